The maximum Gasteiger partial charge on any atom is 0.0714 e. The Hall–Kier alpha value is -7.42. The van der Waals surface area contributed by atoms with Gasteiger partial charge in [-0.1, -0.05) is 170 Å². The molecule has 9 aromatic carbocycles. The van der Waals surface area contributed by atoms with Crippen LogP contribution in [0, 0.1) is 0 Å². The van der Waals surface area contributed by atoms with Gasteiger partial charge >= 0.3 is 0 Å². The quantitative estimate of drug-likeness (QED) is 0.143. The number of hydrogen-bond acceptors (Lipinski definition) is 2. The minimum atomic E-state index is -0.496. The number of benzene rings is 9. The molecule has 0 radical (unpaired) electrons. The van der Waals surface area contributed by atoms with E-state index in [1.165, 1.54) is 66.3 Å². The fraction of sp³-hybridized carbons (Fsp3) is 0.0526. The molecule has 11 rings (SSSR count). The van der Waals surface area contributed by atoms with Gasteiger partial charge in [0.05, 0.1) is 11.1 Å². The molecule has 0 N–H and O–H groups in total. The van der Waals surface area contributed by atoms with Crippen molar-refractivity contribution in [3.05, 3.63) is 259 Å². The molecular formula is C57H42N2. The van der Waals surface area contributed by atoms with Crippen LogP contribution in [-0.4, -0.2) is 0 Å². The molecule has 2 aliphatic rings. The Morgan fingerprint density at radius 2 is 0.949 bits per heavy atom. The first-order chi connectivity index (χ1) is 29.3. The Morgan fingerprint density at radius 3 is 1.64 bits per heavy atom. The number of fused-ring (bicyclic) bond motifs is 6. The smallest absolute Gasteiger partial charge is 0.0714 e. The Labute approximate surface area is 346 Å². The lowest BCUT2D eigenvalue weighted by atomic mass is 9.67. The molecule has 0 amide bonds. The molecule has 0 saturated carbocycles. The summed E-state index contributed by atoms with van der Waals surface area (Å²) in [5, 5.41) is 4.87. The fourth-order valence-electron chi connectivity index (χ4n) is 9.76. The molecule has 0 spiro atoms. The molecule has 9 aromatic rings. The Kier molecular flexibility index (Phi) is 8.56. The minimum absolute atomic E-state index is 0.496. The van der Waals surface area contributed by atoms with E-state index in [1.807, 2.05) is 0 Å². The molecular weight excluding hydrogens is 713 g/mol. The lowest BCUT2D eigenvalue weighted by molar-refractivity contribution is 0.768. The first kappa shape index (κ1) is 34.8. The molecule has 59 heavy (non-hydrogen) atoms. The first-order valence-electron chi connectivity index (χ1n) is 20.7. The molecule has 0 fully saturated rings. The van der Waals surface area contributed by atoms with Gasteiger partial charge in [0.1, 0.15) is 0 Å². The lowest BCUT2D eigenvalue weighted by Gasteiger charge is -2.35. The largest absolute Gasteiger partial charge is 0.310 e. The normalized spacial score (nSPS) is 13.8. The van der Waals surface area contributed by atoms with Gasteiger partial charge in [0.2, 0.25) is 0 Å². The van der Waals surface area contributed by atoms with Gasteiger partial charge in [-0.2, -0.15) is 0 Å². The van der Waals surface area contributed by atoms with Gasteiger partial charge in [0.15, 0.2) is 0 Å². The summed E-state index contributed by atoms with van der Waals surface area (Å²) in [5.74, 6) is 0. The van der Waals surface area contributed by atoms with E-state index in [-0.39, 0.29) is 0 Å². The van der Waals surface area contributed by atoms with Crippen LogP contribution in [0.1, 0.15) is 35.1 Å². The highest BCUT2D eigenvalue weighted by molar-refractivity contribution is 6.15. The van der Waals surface area contributed by atoms with E-state index in [1.54, 1.807) is 0 Å². The summed E-state index contributed by atoms with van der Waals surface area (Å²) >= 11 is 0. The van der Waals surface area contributed by atoms with Gasteiger partial charge in [-0.3, -0.25) is 0 Å². The molecule has 0 aliphatic heterocycles. The summed E-state index contributed by atoms with van der Waals surface area (Å²) < 4.78 is 0. The maximum atomic E-state index is 2.46. The van der Waals surface area contributed by atoms with Crippen LogP contribution < -0.4 is 9.80 Å². The number of para-hydroxylation sites is 2. The summed E-state index contributed by atoms with van der Waals surface area (Å²) in [4.78, 5) is 4.87. The number of anilines is 5. The van der Waals surface area contributed by atoms with Gasteiger partial charge in [0.25, 0.3) is 0 Å². The summed E-state index contributed by atoms with van der Waals surface area (Å²) in [6.07, 6.45) is 9.04. The molecule has 0 unspecified atom stereocenters. The van der Waals surface area contributed by atoms with Crippen LogP contribution >= 0.6 is 0 Å². The predicted molar refractivity (Wildman–Crippen MR) is 248 cm³/mol. The van der Waals surface area contributed by atoms with Gasteiger partial charge in [-0.25, -0.2) is 0 Å². The highest BCUT2D eigenvalue weighted by atomic mass is 15.2. The lowest BCUT2D eigenvalue weighted by Crippen LogP contribution is -2.28. The van der Waals surface area contributed by atoms with Gasteiger partial charge in [-0.05, 0) is 123 Å². The highest BCUT2D eigenvalue weighted by Crippen LogP contribution is 2.57. The van der Waals surface area contributed by atoms with Gasteiger partial charge in [-0.15, -0.1) is 0 Å². The molecule has 0 aromatic heterocycles. The van der Waals surface area contributed by atoms with E-state index >= 15 is 0 Å². The zero-order valence-electron chi connectivity index (χ0n) is 32.7. The molecule has 280 valence electrons. The molecule has 2 aliphatic carbocycles. The average Bonchev–Trinajstić information content (AvgIpc) is 3.61. The van der Waals surface area contributed by atoms with Crippen LogP contribution in [0.25, 0.3) is 32.7 Å². The van der Waals surface area contributed by atoms with Crippen molar-refractivity contribution in [1.29, 1.82) is 0 Å². The summed E-state index contributed by atoms with van der Waals surface area (Å²) in [7, 11) is 0. The van der Waals surface area contributed by atoms with Crippen molar-refractivity contribution in [2.24, 2.45) is 0 Å². The van der Waals surface area contributed by atoms with Crippen molar-refractivity contribution < 1.29 is 0 Å². The van der Waals surface area contributed by atoms with Crippen LogP contribution in [0.5, 0.6) is 0 Å². The molecule has 0 heterocycles. The topological polar surface area (TPSA) is 6.48 Å². The van der Waals surface area contributed by atoms with E-state index in [0.29, 0.717) is 0 Å². The number of rotatable bonds is 8. The number of nitrogens with zero attached hydrogens (tertiary/aromatic N) is 2. The zero-order chi connectivity index (χ0) is 39.2. The SMILES string of the molecule is C1=CC(N(c2ccccc2)c2cc3ccccc3c3cc(N(c4ccccc4)c4ccc5c(c4)C(c4ccccc4)(c4ccccc4)c4ccccc4-5)ccc23)=CCC1. The van der Waals surface area contributed by atoms with Crippen molar-refractivity contribution in [2.45, 2.75) is 18.3 Å². The van der Waals surface area contributed by atoms with Crippen molar-refractivity contribution in [2.75, 3.05) is 9.80 Å². The van der Waals surface area contributed by atoms with Crippen LogP contribution in [0.3, 0.4) is 0 Å². The van der Waals surface area contributed by atoms with Crippen molar-refractivity contribution in [3.63, 3.8) is 0 Å². The van der Waals surface area contributed by atoms with E-state index in [2.05, 4.69) is 240 Å². The van der Waals surface area contributed by atoms with Gasteiger partial charge in [0, 0.05) is 33.8 Å². The van der Waals surface area contributed by atoms with Crippen molar-refractivity contribution >= 4 is 50.0 Å². The van der Waals surface area contributed by atoms with E-state index in [0.717, 1.165) is 35.6 Å². The zero-order valence-corrected chi connectivity index (χ0v) is 32.7. The third-order valence-electron chi connectivity index (χ3n) is 12.3. The highest BCUT2D eigenvalue weighted by Gasteiger charge is 2.46. The molecule has 0 bridgehead atoms. The molecule has 2 nitrogen and oxygen atoms in total. The second-order valence-electron chi connectivity index (χ2n) is 15.6. The van der Waals surface area contributed by atoms with Crippen molar-refractivity contribution in [1.82, 2.24) is 0 Å². The van der Waals surface area contributed by atoms with Crippen LogP contribution in [0.2, 0.25) is 0 Å². The second kappa shape index (κ2) is 14.5. The molecule has 2 heteroatoms. The van der Waals surface area contributed by atoms with Gasteiger partial charge < -0.3 is 9.80 Å². The third-order valence-corrected chi connectivity index (χ3v) is 12.3. The Balaban J connectivity index is 1.16. The minimum Gasteiger partial charge on any atom is -0.310 e. The van der Waals surface area contributed by atoms with E-state index < -0.39 is 5.41 Å². The summed E-state index contributed by atoms with van der Waals surface area (Å²) in [6.45, 7) is 0. The van der Waals surface area contributed by atoms with Crippen molar-refractivity contribution in [3.8, 4) is 11.1 Å². The summed E-state index contributed by atoms with van der Waals surface area (Å²) in [5.41, 5.74) is 14.0. The predicted octanol–water partition coefficient (Wildman–Crippen LogP) is 15.2. The molecule has 0 atom stereocenters. The Morgan fingerprint density at radius 1 is 0.373 bits per heavy atom. The number of hydrogen-bond donors (Lipinski definition) is 0. The fourth-order valence-corrected chi connectivity index (χ4v) is 9.76. The first-order valence-corrected chi connectivity index (χ1v) is 20.7. The van der Waals surface area contributed by atoms with E-state index in [4.69, 9.17) is 0 Å². The third kappa shape index (κ3) is 5.71. The van der Waals surface area contributed by atoms with E-state index in [9.17, 15) is 0 Å². The van der Waals surface area contributed by atoms with Crippen LogP contribution in [-0.2, 0) is 5.41 Å². The van der Waals surface area contributed by atoms with Crippen LogP contribution in [0.15, 0.2) is 236 Å². The number of allylic oxidation sites excluding steroid dienone is 3. The monoisotopic (exact) mass is 754 g/mol. The maximum absolute atomic E-state index is 2.46. The second-order valence-corrected chi connectivity index (χ2v) is 15.6. The average molecular weight is 755 g/mol. The van der Waals surface area contributed by atoms with Crippen LogP contribution in [0.4, 0.5) is 28.4 Å². The molecule has 0 saturated heterocycles. The Bertz CT molecular complexity index is 3000. The summed E-state index contributed by atoms with van der Waals surface area (Å²) in [6, 6.07) is 78.1. The standard InChI is InChI=1S/C57H42N2/c1-6-21-42(22-7-1)57(43-23-8-2-9-24-43)54-33-19-18-32-50(54)51-36-34-48(40-55(51)57)58(44-25-10-3-11-26-44)47-35-37-52-53(39-47)49-31-17-16-20-41(49)38-56(52)59(45-27-12-4-13-28-45)46-29-14-5-15-30-46/h1-4,6-14,16-40H,5,15H2.